The Labute approximate surface area is 88.1 Å². The number of aromatic nitrogens is 2. The van der Waals surface area contributed by atoms with E-state index in [4.69, 9.17) is 0 Å². The van der Waals surface area contributed by atoms with Crippen molar-refractivity contribution in [2.75, 3.05) is 5.75 Å². The Hall–Kier alpha value is -0.960. The molecule has 0 fully saturated rings. The van der Waals surface area contributed by atoms with Gasteiger partial charge in [-0.2, -0.15) is 0 Å². The van der Waals surface area contributed by atoms with Gasteiger partial charge in [0.25, 0.3) is 0 Å². The van der Waals surface area contributed by atoms with Crippen LogP contribution >= 0.6 is 11.8 Å². The fourth-order valence-corrected chi connectivity index (χ4v) is 2.34. The van der Waals surface area contributed by atoms with Crippen LogP contribution in [0.25, 0.3) is 11.0 Å². The van der Waals surface area contributed by atoms with Gasteiger partial charge in [0.1, 0.15) is 5.65 Å². The number of aromatic amines is 1. The van der Waals surface area contributed by atoms with Crippen molar-refractivity contribution in [2.24, 2.45) is 0 Å². The quantitative estimate of drug-likeness (QED) is 0.613. The minimum Gasteiger partial charge on any atom is -0.346 e. The van der Waals surface area contributed by atoms with E-state index in [0.29, 0.717) is 0 Å². The normalized spacial score (nSPS) is 10.9. The maximum absolute atomic E-state index is 4.34. The van der Waals surface area contributed by atoms with E-state index in [0.717, 1.165) is 5.65 Å². The summed E-state index contributed by atoms with van der Waals surface area (Å²) < 4.78 is 0. The fourth-order valence-electron chi connectivity index (χ4n) is 1.33. The molecule has 0 saturated carbocycles. The monoisotopic (exact) mass is 206 g/mol. The average molecular weight is 206 g/mol. The van der Waals surface area contributed by atoms with Gasteiger partial charge in [0.05, 0.1) is 0 Å². The third kappa shape index (κ3) is 2.10. The first-order valence-corrected chi connectivity index (χ1v) is 5.94. The molecule has 0 aliphatic carbocycles. The highest BCUT2D eigenvalue weighted by Crippen LogP contribution is 2.21. The van der Waals surface area contributed by atoms with Gasteiger partial charge in [-0.25, -0.2) is 4.98 Å². The molecule has 0 aromatic carbocycles. The lowest BCUT2D eigenvalue weighted by Crippen LogP contribution is -1.81. The molecule has 0 spiro atoms. The molecule has 2 nitrogen and oxygen atoms in total. The number of H-pyrrole nitrogens is 1. The van der Waals surface area contributed by atoms with E-state index in [9.17, 15) is 0 Å². The molecule has 0 unspecified atom stereocenters. The van der Waals surface area contributed by atoms with Crippen LogP contribution in [0.4, 0.5) is 0 Å². The SMILES string of the molecule is CCCCSc1cnc2[nH]ccc2c1. The van der Waals surface area contributed by atoms with Gasteiger partial charge < -0.3 is 4.98 Å². The zero-order valence-electron chi connectivity index (χ0n) is 8.29. The number of rotatable bonds is 4. The van der Waals surface area contributed by atoms with E-state index in [2.05, 4.69) is 29.0 Å². The number of thioether (sulfide) groups is 1. The van der Waals surface area contributed by atoms with Crippen LogP contribution in [0, 0.1) is 0 Å². The molecule has 0 atom stereocenters. The minimum absolute atomic E-state index is 0.977. The molecule has 2 rings (SSSR count). The molecule has 1 N–H and O–H groups in total. The number of hydrogen-bond acceptors (Lipinski definition) is 2. The lowest BCUT2D eigenvalue weighted by Gasteiger charge is -1.99. The summed E-state index contributed by atoms with van der Waals surface area (Å²) in [6.07, 6.45) is 6.40. The maximum Gasteiger partial charge on any atom is 0.137 e. The third-order valence-electron chi connectivity index (χ3n) is 2.14. The molecule has 0 amide bonds. The van der Waals surface area contributed by atoms with Gasteiger partial charge in [0.2, 0.25) is 0 Å². The first-order chi connectivity index (χ1) is 6.90. The number of nitrogens with one attached hydrogen (secondary N) is 1. The van der Waals surface area contributed by atoms with Crippen molar-refractivity contribution in [1.29, 1.82) is 0 Å². The van der Waals surface area contributed by atoms with E-state index < -0.39 is 0 Å². The Balaban J connectivity index is 2.10. The lowest BCUT2D eigenvalue weighted by molar-refractivity contribution is 0.896. The van der Waals surface area contributed by atoms with Crippen LogP contribution in [-0.2, 0) is 0 Å². The summed E-state index contributed by atoms with van der Waals surface area (Å²) in [6.45, 7) is 2.22. The molecular weight excluding hydrogens is 192 g/mol. The molecule has 74 valence electrons. The van der Waals surface area contributed by atoms with Crippen LogP contribution in [0.15, 0.2) is 29.4 Å². The molecular formula is C11H14N2S. The first-order valence-electron chi connectivity index (χ1n) is 4.96. The topological polar surface area (TPSA) is 28.7 Å². The Morgan fingerprint density at radius 3 is 3.29 bits per heavy atom. The Morgan fingerprint density at radius 1 is 1.50 bits per heavy atom. The van der Waals surface area contributed by atoms with Crippen LogP contribution in [0.2, 0.25) is 0 Å². The summed E-state index contributed by atoms with van der Waals surface area (Å²) in [5.74, 6) is 1.19. The van der Waals surface area contributed by atoms with Crippen LogP contribution in [0.5, 0.6) is 0 Å². The molecule has 0 aliphatic rings. The van der Waals surface area contributed by atoms with Gasteiger partial charge in [-0.05, 0) is 24.3 Å². The van der Waals surface area contributed by atoms with E-state index >= 15 is 0 Å². The van der Waals surface area contributed by atoms with E-state index in [1.54, 1.807) is 0 Å². The molecule has 3 heteroatoms. The van der Waals surface area contributed by atoms with Crippen molar-refractivity contribution in [3.8, 4) is 0 Å². The number of hydrogen-bond donors (Lipinski definition) is 1. The smallest absolute Gasteiger partial charge is 0.137 e. The lowest BCUT2D eigenvalue weighted by atomic mass is 10.3. The highest BCUT2D eigenvalue weighted by molar-refractivity contribution is 7.99. The second-order valence-corrected chi connectivity index (χ2v) is 4.46. The van der Waals surface area contributed by atoms with Crippen molar-refractivity contribution in [3.05, 3.63) is 24.5 Å². The highest BCUT2D eigenvalue weighted by atomic mass is 32.2. The zero-order chi connectivity index (χ0) is 9.80. The Kier molecular flexibility index (Phi) is 3.09. The van der Waals surface area contributed by atoms with E-state index in [1.165, 1.54) is 28.9 Å². The zero-order valence-corrected chi connectivity index (χ0v) is 9.10. The van der Waals surface area contributed by atoms with Crippen LogP contribution in [-0.4, -0.2) is 15.7 Å². The predicted octanol–water partition coefficient (Wildman–Crippen LogP) is 3.46. The predicted molar refractivity (Wildman–Crippen MR) is 61.7 cm³/mol. The van der Waals surface area contributed by atoms with Gasteiger partial charge in [0, 0.05) is 22.7 Å². The second kappa shape index (κ2) is 4.51. The Morgan fingerprint density at radius 2 is 2.43 bits per heavy atom. The van der Waals surface area contributed by atoms with Crippen molar-refractivity contribution in [2.45, 2.75) is 24.7 Å². The molecule has 2 heterocycles. The van der Waals surface area contributed by atoms with Gasteiger partial charge in [-0.15, -0.1) is 11.8 Å². The van der Waals surface area contributed by atoms with Crippen molar-refractivity contribution in [1.82, 2.24) is 9.97 Å². The van der Waals surface area contributed by atoms with E-state index in [1.807, 2.05) is 24.2 Å². The number of fused-ring (bicyclic) bond motifs is 1. The van der Waals surface area contributed by atoms with Crippen molar-refractivity contribution in [3.63, 3.8) is 0 Å². The molecule has 0 aliphatic heterocycles. The van der Waals surface area contributed by atoms with Crippen LogP contribution in [0.1, 0.15) is 19.8 Å². The van der Waals surface area contributed by atoms with Gasteiger partial charge in [-0.3, -0.25) is 0 Å². The largest absolute Gasteiger partial charge is 0.346 e. The van der Waals surface area contributed by atoms with Gasteiger partial charge in [-0.1, -0.05) is 13.3 Å². The summed E-state index contributed by atoms with van der Waals surface area (Å²) in [7, 11) is 0. The minimum atomic E-state index is 0.977. The van der Waals surface area contributed by atoms with Crippen LogP contribution in [0.3, 0.4) is 0 Å². The fraction of sp³-hybridized carbons (Fsp3) is 0.364. The number of unbranched alkanes of at least 4 members (excludes halogenated alkanes) is 1. The second-order valence-electron chi connectivity index (χ2n) is 3.29. The summed E-state index contributed by atoms with van der Waals surface area (Å²) >= 11 is 1.89. The summed E-state index contributed by atoms with van der Waals surface area (Å²) in [4.78, 5) is 8.71. The third-order valence-corrected chi connectivity index (χ3v) is 3.19. The first kappa shape index (κ1) is 9.59. The number of nitrogens with zero attached hydrogens (tertiary/aromatic N) is 1. The van der Waals surface area contributed by atoms with E-state index in [-0.39, 0.29) is 0 Å². The highest BCUT2D eigenvalue weighted by Gasteiger charge is 1.98. The average Bonchev–Trinajstić information content (AvgIpc) is 2.65. The maximum atomic E-state index is 4.34. The molecule has 14 heavy (non-hydrogen) atoms. The number of pyridine rings is 1. The van der Waals surface area contributed by atoms with Gasteiger partial charge in [0.15, 0.2) is 0 Å². The molecule has 2 aromatic heterocycles. The van der Waals surface area contributed by atoms with Gasteiger partial charge >= 0.3 is 0 Å². The summed E-state index contributed by atoms with van der Waals surface area (Å²) in [5, 5.41) is 1.20. The summed E-state index contributed by atoms with van der Waals surface area (Å²) in [6, 6.07) is 4.26. The molecule has 0 radical (unpaired) electrons. The van der Waals surface area contributed by atoms with Crippen molar-refractivity contribution < 1.29 is 0 Å². The molecule has 2 aromatic rings. The Bertz CT molecular complexity index is 408. The molecule has 0 saturated heterocycles. The summed E-state index contributed by atoms with van der Waals surface area (Å²) in [5.41, 5.74) is 0.977. The van der Waals surface area contributed by atoms with Crippen LogP contribution < -0.4 is 0 Å². The van der Waals surface area contributed by atoms with Crippen molar-refractivity contribution >= 4 is 22.8 Å². The standard InChI is InChI=1S/C11H14N2S/c1-2-3-6-14-10-7-9-4-5-12-11(9)13-8-10/h4-5,7-8H,2-3,6H2,1H3,(H,12,13). The molecule has 0 bridgehead atoms.